The van der Waals surface area contributed by atoms with Gasteiger partial charge in [-0.3, -0.25) is 10.5 Å². The molecule has 1 aromatic heterocycles. The van der Waals surface area contributed by atoms with Crippen LogP contribution in [0.1, 0.15) is 17.3 Å². The summed E-state index contributed by atoms with van der Waals surface area (Å²) in [6.45, 7) is 1.24. The summed E-state index contributed by atoms with van der Waals surface area (Å²) in [4.78, 5) is 0. The molecule has 3 N–H and O–H groups in total. The number of aromatic nitrogens is 2. The van der Waals surface area contributed by atoms with Crippen LogP contribution in [0.5, 0.6) is 0 Å². The van der Waals surface area contributed by atoms with Crippen LogP contribution in [0.3, 0.4) is 0 Å². The molecule has 0 bridgehead atoms. The van der Waals surface area contributed by atoms with Crippen molar-refractivity contribution in [3.8, 4) is 0 Å². The zero-order valence-electron chi connectivity index (χ0n) is 11.3. The number of nitrogens with one attached hydrogen (secondary N) is 1. The topological polar surface area (TPSA) is 65.1 Å². The minimum absolute atomic E-state index is 0.203. The first-order valence-electron chi connectivity index (χ1n) is 6.19. The zero-order valence-corrected chi connectivity index (χ0v) is 16.1. The molecule has 8 heteroatoms. The molecule has 0 amide bonds. The Kier molecular flexibility index (Phi) is 6.39. The van der Waals surface area contributed by atoms with Gasteiger partial charge in [0.05, 0.1) is 35.6 Å². The van der Waals surface area contributed by atoms with Gasteiger partial charge in [0.15, 0.2) is 0 Å². The quantitative estimate of drug-likeness (QED) is 0.489. The van der Waals surface area contributed by atoms with E-state index < -0.39 is 0 Å². The lowest BCUT2D eigenvalue weighted by Gasteiger charge is -2.20. The molecule has 0 spiro atoms. The number of rotatable bonds is 6. The first-order chi connectivity index (χ1) is 10.1. The average molecular weight is 483 g/mol. The van der Waals surface area contributed by atoms with Crippen LogP contribution in [-0.2, 0) is 11.3 Å². The van der Waals surface area contributed by atoms with E-state index in [-0.39, 0.29) is 6.04 Å². The zero-order chi connectivity index (χ0) is 15.4. The Labute approximate surface area is 148 Å². The molecule has 114 valence electrons. The van der Waals surface area contributed by atoms with Gasteiger partial charge in [0, 0.05) is 16.1 Å². The van der Waals surface area contributed by atoms with Crippen LogP contribution in [0.15, 0.2) is 37.8 Å². The number of hydrazine groups is 1. The van der Waals surface area contributed by atoms with Gasteiger partial charge in [-0.05, 0) is 39.7 Å². The van der Waals surface area contributed by atoms with Crippen LogP contribution in [0, 0.1) is 0 Å². The Morgan fingerprint density at radius 2 is 2.10 bits per heavy atom. The predicted octanol–water partition coefficient (Wildman–Crippen LogP) is 3.37. The minimum atomic E-state index is -0.203. The number of hydrogen-bond donors (Lipinski definition) is 2. The number of benzene rings is 1. The summed E-state index contributed by atoms with van der Waals surface area (Å²) in [5, 5.41) is 4.37. The highest BCUT2D eigenvalue weighted by molar-refractivity contribution is 9.11. The highest BCUT2D eigenvalue weighted by Gasteiger charge is 2.23. The van der Waals surface area contributed by atoms with Crippen molar-refractivity contribution in [1.82, 2.24) is 15.2 Å². The second kappa shape index (κ2) is 7.85. The van der Waals surface area contributed by atoms with E-state index in [1.165, 1.54) is 0 Å². The second-order valence-electron chi connectivity index (χ2n) is 4.36. The van der Waals surface area contributed by atoms with Gasteiger partial charge in [-0.15, -0.1) is 0 Å². The van der Waals surface area contributed by atoms with Crippen LogP contribution in [-0.4, -0.2) is 23.5 Å². The van der Waals surface area contributed by atoms with Crippen LogP contribution in [0.25, 0.3) is 0 Å². The molecular formula is C13H15Br3N4O. The van der Waals surface area contributed by atoms with E-state index >= 15 is 0 Å². The van der Waals surface area contributed by atoms with Crippen LogP contribution in [0.2, 0.25) is 0 Å². The van der Waals surface area contributed by atoms with Gasteiger partial charge in [-0.2, -0.15) is 5.10 Å². The lowest BCUT2D eigenvalue weighted by molar-refractivity contribution is 0.182. The van der Waals surface area contributed by atoms with E-state index in [1.807, 2.05) is 22.9 Å². The summed E-state index contributed by atoms with van der Waals surface area (Å²) in [6.07, 6.45) is 1.77. The largest absolute Gasteiger partial charge is 0.383 e. The molecule has 21 heavy (non-hydrogen) atoms. The van der Waals surface area contributed by atoms with Crippen LogP contribution >= 0.6 is 47.8 Å². The van der Waals surface area contributed by atoms with Crippen molar-refractivity contribution in [2.24, 2.45) is 5.84 Å². The first kappa shape index (κ1) is 17.1. The highest BCUT2D eigenvalue weighted by Crippen LogP contribution is 2.33. The van der Waals surface area contributed by atoms with Crippen molar-refractivity contribution >= 4 is 47.8 Å². The molecule has 1 atom stereocenters. The molecule has 0 aliphatic heterocycles. The van der Waals surface area contributed by atoms with E-state index in [2.05, 4.69) is 58.3 Å². The van der Waals surface area contributed by atoms with Gasteiger partial charge in [0.25, 0.3) is 0 Å². The summed E-state index contributed by atoms with van der Waals surface area (Å²) in [5.74, 6) is 5.80. The second-order valence-corrected chi connectivity index (χ2v) is 6.98. The molecule has 2 rings (SSSR count). The summed E-state index contributed by atoms with van der Waals surface area (Å²) in [6, 6.07) is 5.77. The van der Waals surface area contributed by atoms with E-state index in [1.54, 1.807) is 13.3 Å². The number of ether oxygens (including phenoxy) is 1. The number of nitrogens with zero attached hydrogens (tertiary/aromatic N) is 2. The molecule has 1 heterocycles. The normalized spacial score (nSPS) is 12.6. The highest BCUT2D eigenvalue weighted by atomic mass is 79.9. The third-order valence-electron chi connectivity index (χ3n) is 3.05. The summed E-state index contributed by atoms with van der Waals surface area (Å²) in [5.41, 5.74) is 4.84. The molecule has 1 aromatic carbocycles. The molecule has 1 unspecified atom stereocenters. The Morgan fingerprint density at radius 3 is 2.76 bits per heavy atom. The number of halogens is 3. The minimum Gasteiger partial charge on any atom is -0.383 e. The van der Waals surface area contributed by atoms with Gasteiger partial charge < -0.3 is 4.74 Å². The molecule has 0 saturated heterocycles. The van der Waals surface area contributed by atoms with Gasteiger partial charge in [0.2, 0.25) is 0 Å². The fourth-order valence-corrected chi connectivity index (χ4v) is 3.45. The monoisotopic (exact) mass is 480 g/mol. The molecule has 0 saturated carbocycles. The van der Waals surface area contributed by atoms with Crippen LogP contribution in [0.4, 0.5) is 0 Å². The van der Waals surface area contributed by atoms with Crippen molar-refractivity contribution in [3.63, 3.8) is 0 Å². The Bertz CT molecular complexity index is 617. The van der Waals surface area contributed by atoms with E-state index in [9.17, 15) is 0 Å². The number of hydrogen-bond acceptors (Lipinski definition) is 4. The SMILES string of the molecule is COCCn1ncc(Br)c1C(NN)c1cc(Br)ccc1Br. The van der Waals surface area contributed by atoms with Crippen molar-refractivity contribution in [2.45, 2.75) is 12.6 Å². The van der Waals surface area contributed by atoms with Crippen molar-refractivity contribution in [2.75, 3.05) is 13.7 Å². The Balaban J connectivity index is 2.46. The standard InChI is InChI=1S/C13H15Br3N4O/c1-21-5-4-20-13(11(16)7-18-20)12(19-17)9-6-8(14)2-3-10(9)15/h2-3,6-7,12,19H,4-5,17H2,1H3. The fraction of sp³-hybridized carbons (Fsp3) is 0.308. The lowest BCUT2D eigenvalue weighted by atomic mass is 10.0. The van der Waals surface area contributed by atoms with Gasteiger partial charge in [-0.1, -0.05) is 31.9 Å². The maximum atomic E-state index is 5.80. The molecule has 2 aromatic rings. The third kappa shape index (κ3) is 3.94. The average Bonchev–Trinajstić information content (AvgIpc) is 2.83. The maximum absolute atomic E-state index is 5.80. The van der Waals surface area contributed by atoms with Crippen molar-refractivity contribution < 1.29 is 4.74 Å². The third-order valence-corrected chi connectivity index (χ3v) is 4.88. The Hall–Kier alpha value is -0.250. The molecule has 0 aliphatic carbocycles. The van der Waals surface area contributed by atoms with Crippen LogP contribution < -0.4 is 11.3 Å². The smallest absolute Gasteiger partial charge is 0.0901 e. The molecule has 0 aliphatic rings. The van der Waals surface area contributed by atoms with Gasteiger partial charge in [-0.25, -0.2) is 5.43 Å². The maximum Gasteiger partial charge on any atom is 0.0901 e. The lowest BCUT2D eigenvalue weighted by Crippen LogP contribution is -2.31. The molecular weight excluding hydrogens is 468 g/mol. The van der Waals surface area contributed by atoms with E-state index in [0.717, 1.165) is 24.7 Å². The number of methoxy groups -OCH3 is 1. The summed E-state index contributed by atoms with van der Waals surface area (Å²) >= 11 is 10.6. The first-order valence-corrected chi connectivity index (χ1v) is 8.57. The fourth-order valence-electron chi connectivity index (χ4n) is 2.07. The molecule has 5 nitrogen and oxygen atoms in total. The molecule has 0 radical (unpaired) electrons. The van der Waals surface area contributed by atoms with Crippen molar-refractivity contribution in [3.05, 3.63) is 49.1 Å². The molecule has 0 fully saturated rings. The summed E-state index contributed by atoms with van der Waals surface area (Å²) in [7, 11) is 1.67. The number of nitrogens with two attached hydrogens (primary N) is 1. The predicted molar refractivity (Wildman–Crippen MR) is 92.8 cm³/mol. The Morgan fingerprint density at radius 1 is 1.33 bits per heavy atom. The van der Waals surface area contributed by atoms with Gasteiger partial charge in [0.1, 0.15) is 0 Å². The van der Waals surface area contributed by atoms with E-state index in [0.29, 0.717) is 13.2 Å². The van der Waals surface area contributed by atoms with Crippen molar-refractivity contribution in [1.29, 1.82) is 0 Å². The van der Waals surface area contributed by atoms with E-state index in [4.69, 9.17) is 10.6 Å². The van der Waals surface area contributed by atoms with Gasteiger partial charge >= 0.3 is 0 Å². The summed E-state index contributed by atoms with van der Waals surface area (Å²) < 4.78 is 9.86.